The lowest BCUT2D eigenvalue weighted by Gasteiger charge is -2.13. The average molecular weight is 287 g/mol. The molecule has 0 aliphatic carbocycles. The monoisotopic (exact) mass is 287 g/mol. The predicted octanol–water partition coefficient (Wildman–Crippen LogP) is 1.90. The van der Waals surface area contributed by atoms with Crippen LogP contribution >= 0.6 is 0 Å². The van der Waals surface area contributed by atoms with Gasteiger partial charge in [-0.05, 0) is 31.5 Å². The zero-order valence-corrected chi connectivity index (χ0v) is 11.8. The van der Waals surface area contributed by atoms with Crippen LogP contribution in [0.5, 0.6) is 0 Å². The number of hydrogen-bond acceptors (Lipinski definition) is 3. The molecule has 1 amide bonds. The van der Waals surface area contributed by atoms with E-state index in [9.17, 15) is 17.6 Å². The van der Waals surface area contributed by atoms with Crippen LogP contribution in [0.1, 0.15) is 26.7 Å². The van der Waals surface area contributed by atoms with Crippen LogP contribution in [0.15, 0.2) is 29.2 Å². The summed E-state index contributed by atoms with van der Waals surface area (Å²) in [5.41, 5.74) is 0. The fraction of sp³-hybridized carbons (Fsp3) is 0.462. The first-order valence-corrected chi connectivity index (χ1v) is 7.71. The predicted molar refractivity (Wildman–Crippen MR) is 71.0 cm³/mol. The highest BCUT2D eigenvalue weighted by molar-refractivity contribution is 7.92. The Morgan fingerprint density at radius 3 is 2.68 bits per heavy atom. The normalized spacial score (nSPS) is 13.0. The van der Waals surface area contributed by atoms with Gasteiger partial charge in [-0.1, -0.05) is 19.4 Å². The van der Waals surface area contributed by atoms with E-state index < -0.39 is 26.8 Å². The molecule has 0 aliphatic rings. The van der Waals surface area contributed by atoms with Crippen molar-refractivity contribution in [3.05, 3.63) is 30.1 Å². The molecule has 1 aromatic carbocycles. The van der Waals surface area contributed by atoms with Gasteiger partial charge in [-0.25, -0.2) is 12.8 Å². The molecule has 0 saturated heterocycles. The summed E-state index contributed by atoms with van der Waals surface area (Å²) < 4.78 is 37.3. The average Bonchev–Trinajstić information content (AvgIpc) is 2.38. The molecule has 0 bridgehead atoms. The maximum Gasteiger partial charge on any atom is 0.238 e. The number of rotatable bonds is 6. The lowest BCUT2D eigenvalue weighted by atomic mass is 10.3. The summed E-state index contributed by atoms with van der Waals surface area (Å²) in [7, 11) is -3.85. The largest absolute Gasteiger partial charge is 0.355 e. The molecule has 1 aromatic rings. The third-order valence-electron chi connectivity index (χ3n) is 2.79. The van der Waals surface area contributed by atoms with Crippen LogP contribution in [0.2, 0.25) is 0 Å². The maximum atomic E-state index is 13.0. The highest BCUT2D eigenvalue weighted by Gasteiger charge is 2.29. The molecule has 0 aliphatic heterocycles. The molecule has 0 saturated carbocycles. The van der Waals surface area contributed by atoms with E-state index in [1.807, 2.05) is 6.92 Å². The zero-order valence-electron chi connectivity index (χ0n) is 11.0. The molecule has 0 radical (unpaired) electrons. The van der Waals surface area contributed by atoms with Gasteiger partial charge in [0.1, 0.15) is 11.1 Å². The quantitative estimate of drug-likeness (QED) is 0.813. The summed E-state index contributed by atoms with van der Waals surface area (Å²) in [5, 5.41) is 1.33. The van der Waals surface area contributed by atoms with E-state index in [4.69, 9.17) is 0 Å². The number of halogens is 1. The lowest BCUT2D eigenvalue weighted by Crippen LogP contribution is -2.38. The van der Waals surface area contributed by atoms with E-state index in [1.54, 1.807) is 0 Å². The van der Waals surface area contributed by atoms with Gasteiger partial charge < -0.3 is 5.32 Å². The van der Waals surface area contributed by atoms with E-state index >= 15 is 0 Å². The molecule has 4 nitrogen and oxygen atoms in total. The molecule has 0 heterocycles. The van der Waals surface area contributed by atoms with Gasteiger partial charge in [-0.15, -0.1) is 0 Å². The fourth-order valence-electron chi connectivity index (χ4n) is 1.52. The van der Waals surface area contributed by atoms with Crippen LogP contribution in [0, 0.1) is 5.82 Å². The Hall–Kier alpha value is -1.43. The second-order valence-electron chi connectivity index (χ2n) is 4.29. The molecule has 1 rings (SSSR count). The third-order valence-corrected chi connectivity index (χ3v) is 4.84. The Labute approximate surface area is 112 Å². The van der Waals surface area contributed by atoms with Crippen LogP contribution < -0.4 is 5.32 Å². The number of amides is 1. The summed E-state index contributed by atoms with van der Waals surface area (Å²) in [6, 6.07) is 4.67. The van der Waals surface area contributed by atoms with Crippen LogP contribution in [-0.4, -0.2) is 26.1 Å². The fourth-order valence-corrected chi connectivity index (χ4v) is 2.84. The minimum Gasteiger partial charge on any atom is -0.355 e. The number of sulfone groups is 1. The van der Waals surface area contributed by atoms with Crippen LogP contribution in [0.25, 0.3) is 0 Å². The molecule has 1 atom stereocenters. The Morgan fingerprint density at radius 2 is 2.11 bits per heavy atom. The van der Waals surface area contributed by atoms with Gasteiger partial charge >= 0.3 is 0 Å². The number of carbonyl (C=O) groups is 1. The second-order valence-corrected chi connectivity index (χ2v) is 6.56. The van der Waals surface area contributed by atoms with Gasteiger partial charge in [-0.3, -0.25) is 4.79 Å². The van der Waals surface area contributed by atoms with Crippen LogP contribution in [0.4, 0.5) is 4.39 Å². The van der Waals surface area contributed by atoms with Crippen molar-refractivity contribution < 1.29 is 17.6 Å². The lowest BCUT2D eigenvalue weighted by molar-refractivity contribution is -0.120. The Bertz CT molecular complexity index is 543. The van der Waals surface area contributed by atoms with Gasteiger partial charge in [0, 0.05) is 6.54 Å². The first-order valence-electron chi connectivity index (χ1n) is 6.16. The van der Waals surface area contributed by atoms with Crippen molar-refractivity contribution in [1.82, 2.24) is 5.32 Å². The third kappa shape index (κ3) is 4.02. The van der Waals surface area contributed by atoms with Gasteiger partial charge in [0.05, 0.1) is 4.90 Å². The van der Waals surface area contributed by atoms with Crippen LogP contribution in [0.3, 0.4) is 0 Å². The number of hydrogen-bond donors (Lipinski definition) is 1. The van der Waals surface area contributed by atoms with E-state index in [1.165, 1.54) is 19.1 Å². The van der Waals surface area contributed by atoms with Crippen LogP contribution in [-0.2, 0) is 14.6 Å². The first-order chi connectivity index (χ1) is 8.89. The highest BCUT2D eigenvalue weighted by Crippen LogP contribution is 2.17. The Morgan fingerprint density at radius 1 is 1.42 bits per heavy atom. The van der Waals surface area contributed by atoms with Gasteiger partial charge in [0.15, 0.2) is 9.84 Å². The van der Waals surface area contributed by atoms with Crippen molar-refractivity contribution in [2.45, 2.75) is 36.8 Å². The van der Waals surface area contributed by atoms with Crippen molar-refractivity contribution in [1.29, 1.82) is 0 Å². The van der Waals surface area contributed by atoms with Gasteiger partial charge in [0.25, 0.3) is 0 Å². The molecule has 0 fully saturated rings. The minimum atomic E-state index is -3.85. The summed E-state index contributed by atoms with van der Waals surface area (Å²) >= 11 is 0. The number of nitrogens with one attached hydrogen (secondary N) is 1. The second kappa shape index (κ2) is 6.65. The first kappa shape index (κ1) is 15.6. The molecular formula is C13H18FNO3S. The summed E-state index contributed by atoms with van der Waals surface area (Å²) in [6.07, 6.45) is 1.70. The Kier molecular flexibility index (Phi) is 5.47. The highest BCUT2D eigenvalue weighted by atomic mass is 32.2. The standard InChI is InChI=1S/C13H18FNO3S/c1-3-4-8-15-13(16)10(2)19(17,18)12-7-5-6-11(14)9-12/h5-7,9-10H,3-4,8H2,1-2H3,(H,15,16). The summed E-state index contributed by atoms with van der Waals surface area (Å²) in [6.45, 7) is 3.72. The molecule has 0 spiro atoms. The van der Waals surface area contributed by atoms with Gasteiger partial charge in [-0.2, -0.15) is 0 Å². The smallest absolute Gasteiger partial charge is 0.238 e. The SMILES string of the molecule is CCCCNC(=O)C(C)S(=O)(=O)c1cccc(F)c1. The van der Waals surface area contributed by atoms with Crippen molar-refractivity contribution >= 4 is 15.7 Å². The number of unbranched alkanes of at least 4 members (excludes halogenated alkanes) is 1. The molecule has 106 valence electrons. The van der Waals surface area contributed by atoms with E-state index in [-0.39, 0.29) is 4.90 Å². The molecule has 0 aromatic heterocycles. The zero-order chi connectivity index (χ0) is 14.5. The molecule has 6 heteroatoms. The molecule has 1 unspecified atom stereocenters. The minimum absolute atomic E-state index is 0.175. The topological polar surface area (TPSA) is 63.2 Å². The van der Waals surface area contributed by atoms with Crippen molar-refractivity contribution in [3.8, 4) is 0 Å². The number of carbonyl (C=O) groups excluding carboxylic acids is 1. The van der Waals surface area contributed by atoms with Crippen molar-refractivity contribution in [2.75, 3.05) is 6.54 Å². The van der Waals surface area contributed by atoms with Crippen molar-refractivity contribution in [3.63, 3.8) is 0 Å². The summed E-state index contributed by atoms with van der Waals surface area (Å²) in [5.74, 6) is -1.20. The van der Waals surface area contributed by atoms with Gasteiger partial charge in [0.2, 0.25) is 5.91 Å². The van der Waals surface area contributed by atoms with E-state index in [0.717, 1.165) is 25.0 Å². The molecular weight excluding hydrogens is 269 g/mol. The van der Waals surface area contributed by atoms with E-state index in [2.05, 4.69) is 5.32 Å². The number of benzene rings is 1. The van der Waals surface area contributed by atoms with Crippen molar-refractivity contribution in [2.24, 2.45) is 0 Å². The maximum absolute atomic E-state index is 13.0. The Balaban J connectivity index is 2.85. The molecule has 1 N–H and O–H groups in total. The van der Waals surface area contributed by atoms with E-state index in [0.29, 0.717) is 6.54 Å². The summed E-state index contributed by atoms with van der Waals surface area (Å²) in [4.78, 5) is 11.6. The molecule has 19 heavy (non-hydrogen) atoms.